The summed E-state index contributed by atoms with van der Waals surface area (Å²) in [6.07, 6.45) is 0. The van der Waals surface area contributed by atoms with Crippen molar-refractivity contribution in [2.24, 2.45) is 0 Å². The highest BCUT2D eigenvalue weighted by molar-refractivity contribution is 7.71. The number of aromatic nitrogens is 2. The van der Waals surface area contributed by atoms with E-state index in [0.29, 0.717) is 11.6 Å². The van der Waals surface area contributed by atoms with Crippen LogP contribution in [0.2, 0.25) is 0 Å². The molecule has 134 valence electrons. The van der Waals surface area contributed by atoms with Crippen LogP contribution in [0.25, 0.3) is 0 Å². The second-order valence-corrected chi connectivity index (χ2v) is 6.29. The van der Waals surface area contributed by atoms with Crippen molar-refractivity contribution in [1.82, 2.24) is 9.78 Å². The Hall–Kier alpha value is -2.93. The average Bonchev–Trinajstić information content (AvgIpc) is 2.92. The van der Waals surface area contributed by atoms with Gasteiger partial charge in [0, 0.05) is 5.69 Å². The van der Waals surface area contributed by atoms with E-state index < -0.39 is 0 Å². The molecule has 1 heterocycles. The van der Waals surface area contributed by atoms with Crippen molar-refractivity contribution in [2.45, 2.75) is 27.0 Å². The van der Waals surface area contributed by atoms with Crippen molar-refractivity contribution in [1.29, 1.82) is 0 Å². The second-order valence-electron chi connectivity index (χ2n) is 5.95. The van der Waals surface area contributed by atoms with E-state index in [1.54, 1.807) is 0 Å². The molecule has 0 saturated carbocycles. The van der Waals surface area contributed by atoms with Gasteiger partial charge in [-0.25, -0.2) is 4.68 Å². The van der Waals surface area contributed by atoms with Gasteiger partial charge in [0.1, 0.15) is 12.3 Å². The number of carbonyl (C=O) groups excluding carboxylic acids is 1. The Bertz CT molecular complexity index is 943. The summed E-state index contributed by atoms with van der Waals surface area (Å²) in [7, 11) is 0. The van der Waals surface area contributed by atoms with E-state index in [9.17, 15) is 4.79 Å². The Morgan fingerprint density at radius 2 is 1.88 bits per heavy atom. The third-order valence-corrected chi connectivity index (χ3v) is 3.85. The Labute approximate surface area is 156 Å². The SMILES string of the molecule is Cc1cc(C)cc(NC(=O)Cn2nc(COc3ccccc3)oc2=S)c1. The van der Waals surface area contributed by atoms with E-state index in [1.165, 1.54) is 4.68 Å². The largest absolute Gasteiger partial charge is 0.484 e. The number of hydrogen-bond donors (Lipinski definition) is 1. The van der Waals surface area contributed by atoms with Crippen LogP contribution < -0.4 is 10.1 Å². The Morgan fingerprint density at radius 3 is 2.58 bits per heavy atom. The number of nitrogens with one attached hydrogen (secondary N) is 1. The summed E-state index contributed by atoms with van der Waals surface area (Å²) in [5, 5.41) is 7.05. The first kappa shape index (κ1) is 17.9. The fourth-order valence-electron chi connectivity index (χ4n) is 2.55. The van der Waals surface area contributed by atoms with Gasteiger partial charge in [-0.05, 0) is 61.5 Å². The molecule has 0 aliphatic rings. The molecule has 0 radical (unpaired) electrons. The molecule has 1 amide bonds. The molecule has 1 aromatic heterocycles. The fraction of sp³-hybridized carbons (Fsp3) is 0.211. The van der Waals surface area contributed by atoms with E-state index in [0.717, 1.165) is 16.8 Å². The summed E-state index contributed by atoms with van der Waals surface area (Å²) in [5.41, 5.74) is 2.91. The standard InChI is InChI=1S/C19H19N3O3S/c1-13-8-14(2)10-15(9-13)20-17(23)11-22-19(26)25-18(21-22)12-24-16-6-4-3-5-7-16/h3-10H,11-12H2,1-2H3,(H,20,23). The van der Waals surface area contributed by atoms with Crippen LogP contribution in [-0.2, 0) is 17.9 Å². The lowest BCUT2D eigenvalue weighted by atomic mass is 10.1. The minimum Gasteiger partial charge on any atom is -0.484 e. The minimum atomic E-state index is -0.227. The molecule has 0 bridgehead atoms. The molecule has 2 aromatic carbocycles. The minimum absolute atomic E-state index is 0.0271. The molecule has 0 unspecified atom stereocenters. The molecule has 3 aromatic rings. The molecule has 0 spiro atoms. The molecule has 0 saturated heterocycles. The number of anilines is 1. The lowest BCUT2D eigenvalue weighted by molar-refractivity contribution is -0.117. The van der Waals surface area contributed by atoms with E-state index >= 15 is 0 Å². The van der Waals surface area contributed by atoms with Crippen molar-refractivity contribution in [3.8, 4) is 5.75 Å². The highest BCUT2D eigenvalue weighted by atomic mass is 32.1. The molecule has 1 N–H and O–H groups in total. The maximum Gasteiger partial charge on any atom is 0.287 e. The number of carbonyl (C=O) groups is 1. The topological polar surface area (TPSA) is 69.3 Å². The summed E-state index contributed by atoms with van der Waals surface area (Å²) in [6, 6.07) is 15.2. The van der Waals surface area contributed by atoms with Crippen LogP contribution >= 0.6 is 12.2 Å². The van der Waals surface area contributed by atoms with Gasteiger partial charge < -0.3 is 14.5 Å². The highest BCUT2D eigenvalue weighted by Gasteiger charge is 2.11. The lowest BCUT2D eigenvalue weighted by Crippen LogP contribution is -2.20. The van der Waals surface area contributed by atoms with E-state index in [-0.39, 0.29) is 23.9 Å². The lowest BCUT2D eigenvalue weighted by Gasteiger charge is -2.07. The number of amides is 1. The first-order valence-electron chi connectivity index (χ1n) is 8.12. The van der Waals surface area contributed by atoms with Crippen LogP contribution in [0.1, 0.15) is 17.0 Å². The fourth-order valence-corrected chi connectivity index (χ4v) is 2.75. The van der Waals surface area contributed by atoms with Crippen LogP contribution in [0.5, 0.6) is 5.75 Å². The summed E-state index contributed by atoms with van der Waals surface area (Å²) in [6.45, 7) is 4.07. The Morgan fingerprint density at radius 1 is 1.19 bits per heavy atom. The first-order valence-corrected chi connectivity index (χ1v) is 8.53. The zero-order valence-corrected chi connectivity index (χ0v) is 15.4. The van der Waals surface area contributed by atoms with Gasteiger partial charge in [-0.2, -0.15) is 0 Å². The summed E-state index contributed by atoms with van der Waals surface area (Å²) in [5.74, 6) is 0.795. The van der Waals surface area contributed by atoms with Gasteiger partial charge in [0.05, 0.1) is 0 Å². The number of para-hydroxylation sites is 1. The summed E-state index contributed by atoms with van der Waals surface area (Å²) < 4.78 is 12.3. The third-order valence-electron chi connectivity index (χ3n) is 3.55. The number of hydrogen-bond acceptors (Lipinski definition) is 5. The highest BCUT2D eigenvalue weighted by Crippen LogP contribution is 2.14. The van der Waals surface area contributed by atoms with Gasteiger partial charge in [-0.15, -0.1) is 5.10 Å². The quantitative estimate of drug-likeness (QED) is 0.664. The Kier molecular flexibility index (Phi) is 5.48. The number of rotatable bonds is 6. The maximum absolute atomic E-state index is 12.3. The Balaban J connectivity index is 1.61. The average molecular weight is 369 g/mol. The van der Waals surface area contributed by atoms with Crippen LogP contribution in [0, 0.1) is 18.7 Å². The predicted octanol–water partition coefficient (Wildman–Crippen LogP) is 4.04. The van der Waals surface area contributed by atoms with Gasteiger partial charge in [0.15, 0.2) is 6.61 Å². The van der Waals surface area contributed by atoms with Crippen molar-refractivity contribution >= 4 is 23.8 Å². The smallest absolute Gasteiger partial charge is 0.287 e. The predicted molar refractivity (Wildman–Crippen MR) is 101 cm³/mol. The van der Waals surface area contributed by atoms with Crippen LogP contribution in [-0.4, -0.2) is 15.7 Å². The normalized spacial score (nSPS) is 10.5. The van der Waals surface area contributed by atoms with Crippen LogP contribution in [0.15, 0.2) is 52.9 Å². The van der Waals surface area contributed by atoms with E-state index in [2.05, 4.69) is 10.4 Å². The van der Waals surface area contributed by atoms with E-state index in [4.69, 9.17) is 21.4 Å². The monoisotopic (exact) mass is 369 g/mol. The summed E-state index contributed by atoms with van der Waals surface area (Å²) in [4.78, 5) is 12.4. The molecule has 0 fully saturated rings. The second kappa shape index (κ2) is 7.97. The van der Waals surface area contributed by atoms with Crippen molar-refractivity contribution < 1.29 is 13.9 Å². The van der Waals surface area contributed by atoms with Gasteiger partial charge in [0.25, 0.3) is 10.7 Å². The molecule has 3 rings (SSSR count). The molecule has 0 aliphatic heterocycles. The van der Waals surface area contributed by atoms with Gasteiger partial charge in [0.2, 0.25) is 5.91 Å². The maximum atomic E-state index is 12.3. The summed E-state index contributed by atoms with van der Waals surface area (Å²) >= 11 is 5.13. The van der Waals surface area contributed by atoms with Gasteiger partial charge >= 0.3 is 0 Å². The molecule has 0 aliphatic carbocycles. The zero-order chi connectivity index (χ0) is 18.5. The van der Waals surface area contributed by atoms with Crippen LogP contribution in [0.3, 0.4) is 0 Å². The van der Waals surface area contributed by atoms with Crippen molar-refractivity contribution in [2.75, 3.05) is 5.32 Å². The molecule has 0 atom stereocenters. The van der Waals surface area contributed by atoms with Crippen LogP contribution in [0.4, 0.5) is 5.69 Å². The van der Waals surface area contributed by atoms with Gasteiger partial charge in [-0.1, -0.05) is 24.3 Å². The third kappa shape index (κ3) is 4.80. The zero-order valence-electron chi connectivity index (χ0n) is 14.6. The van der Waals surface area contributed by atoms with Gasteiger partial charge in [-0.3, -0.25) is 4.79 Å². The van der Waals surface area contributed by atoms with Crippen molar-refractivity contribution in [3.05, 3.63) is 70.4 Å². The number of aryl methyl sites for hydroxylation is 2. The molecule has 26 heavy (non-hydrogen) atoms. The molecule has 6 nitrogen and oxygen atoms in total. The molecular formula is C19H19N3O3S. The molecular weight excluding hydrogens is 350 g/mol. The number of nitrogens with zero attached hydrogens (tertiary/aromatic N) is 2. The molecule has 7 heteroatoms. The van der Waals surface area contributed by atoms with Crippen molar-refractivity contribution in [3.63, 3.8) is 0 Å². The first-order chi connectivity index (χ1) is 12.5. The number of ether oxygens (including phenoxy) is 1. The van der Waals surface area contributed by atoms with E-state index in [1.807, 2.05) is 62.4 Å². The number of benzene rings is 2.